The molecular weight excluding hydrogens is 180 g/mol. The predicted molar refractivity (Wildman–Crippen MR) is 51.9 cm³/mol. The number of rotatable bonds is 4. The van der Waals surface area contributed by atoms with E-state index in [9.17, 15) is 9.90 Å². The van der Waals surface area contributed by atoms with Crippen LogP contribution >= 0.6 is 0 Å². The van der Waals surface area contributed by atoms with Gasteiger partial charge in [0.15, 0.2) is 0 Å². The highest BCUT2D eigenvalue weighted by Crippen LogP contribution is 2.27. The quantitative estimate of drug-likeness (QED) is 0.416. The minimum absolute atomic E-state index is 0.0781. The van der Waals surface area contributed by atoms with Crippen molar-refractivity contribution in [1.29, 1.82) is 0 Å². The maximum absolute atomic E-state index is 11.0. The van der Waals surface area contributed by atoms with E-state index in [4.69, 9.17) is 5.53 Å². The van der Waals surface area contributed by atoms with Crippen LogP contribution in [0, 0.1) is 5.92 Å². The number of hydrogen-bond donors (Lipinski definition) is 1. The van der Waals surface area contributed by atoms with E-state index in [0.717, 1.165) is 31.9 Å². The van der Waals surface area contributed by atoms with Gasteiger partial charge < -0.3 is 10.6 Å². The molecule has 0 aromatic carbocycles. The summed E-state index contributed by atoms with van der Waals surface area (Å²) in [5.74, 6) is -0.0645. The fourth-order valence-electron chi connectivity index (χ4n) is 2.01. The van der Waals surface area contributed by atoms with Crippen LogP contribution in [-0.2, 0) is 4.79 Å². The van der Waals surface area contributed by atoms with Crippen LogP contribution in [0.15, 0.2) is 0 Å². The Bertz CT molecular complexity index is 241. The Labute approximate surface area is 83.6 Å². The smallest absolute Gasteiger partial charge is 0.323 e. The van der Waals surface area contributed by atoms with Crippen molar-refractivity contribution >= 4 is 12.0 Å². The van der Waals surface area contributed by atoms with E-state index in [-0.39, 0.29) is 18.1 Å². The molecule has 0 aromatic heterocycles. The lowest BCUT2D eigenvalue weighted by Gasteiger charge is -2.25. The van der Waals surface area contributed by atoms with Gasteiger partial charge in [0, 0.05) is 6.42 Å². The summed E-state index contributed by atoms with van der Waals surface area (Å²) in [6.45, 7) is 0. The molecule has 78 valence electrons. The number of aliphatic hydroxyl groups is 1. The molecule has 14 heavy (non-hydrogen) atoms. The molecule has 0 aliphatic heterocycles. The molecule has 4 heteroatoms. The number of carbonyl (C=O) groups is 1. The topological polar surface area (TPSA) is 73.7 Å². The van der Waals surface area contributed by atoms with Gasteiger partial charge >= 0.3 is 6.21 Å². The molecule has 1 N–H and O–H groups in total. The van der Waals surface area contributed by atoms with Gasteiger partial charge in [-0.25, -0.2) is 0 Å². The van der Waals surface area contributed by atoms with E-state index in [1.54, 1.807) is 0 Å². The maximum atomic E-state index is 11.0. The summed E-state index contributed by atoms with van der Waals surface area (Å²) < 4.78 is 0. The van der Waals surface area contributed by atoms with Crippen molar-refractivity contribution in [3.05, 3.63) is 5.53 Å². The fourth-order valence-corrected chi connectivity index (χ4v) is 2.01. The SMILES string of the molecule is [N-]=[N+]=CC(=O)CC(O)C1CCCCC1. The van der Waals surface area contributed by atoms with Crippen LogP contribution in [0.5, 0.6) is 0 Å². The highest BCUT2D eigenvalue weighted by molar-refractivity contribution is 6.25. The second-order valence-electron chi connectivity index (χ2n) is 3.88. The van der Waals surface area contributed by atoms with Gasteiger partial charge in [0.1, 0.15) is 0 Å². The lowest BCUT2D eigenvalue weighted by molar-refractivity contribution is -0.118. The van der Waals surface area contributed by atoms with Crippen LogP contribution in [-0.4, -0.2) is 28.0 Å². The van der Waals surface area contributed by atoms with Gasteiger partial charge in [0.05, 0.1) is 6.10 Å². The van der Waals surface area contributed by atoms with Gasteiger partial charge in [-0.15, -0.1) is 0 Å². The van der Waals surface area contributed by atoms with Crippen molar-refractivity contribution in [2.24, 2.45) is 5.92 Å². The molecule has 4 nitrogen and oxygen atoms in total. The molecule has 1 aliphatic carbocycles. The van der Waals surface area contributed by atoms with Crippen LogP contribution in [0.2, 0.25) is 0 Å². The third-order valence-electron chi connectivity index (χ3n) is 2.81. The molecule has 1 atom stereocenters. The monoisotopic (exact) mass is 196 g/mol. The average Bonchev–Trinajstić information content (AvgIpc) is 2.19. The van der Waals surface area contributed by atoms with Crippen molar-refractivity contribution in [1.82, 2.24) is 0 Å². The first kappa shape index (κ1) is 11.1. The molecule has 1 unspecified atom stereocenters. The van der Waals surface area contributed by atoms with E-state index in [0.29, 0.717) is 0 Å². The molecule has 0 bridgehead atoms. The van der Waals surface area contributed by atoms with Crippen LogP contribution in [0.3, 0.4) is 0 Å². The van der Waals surface area contributed by atoms with Crippen molar-refractivity contribution in [2.75, 3.05) is 0 Å². The van der Waals surface area contributed by atoms with E-state index in [1.165, 1.54) is 6.42 Å². The van der Waals surface area contributed by atoms with E-state index < -0.39 is 6.10 Å². The van der Waals surface area contributed by atoms with Crippen LogP contribution in [0.1, 0.15) is 38.5 Å². The lowest BCUT2D eigenvalue weighted by atomic mass is 9.84. The molecule has 1 aliphatic rings. The normalized spacial score (nSPS) is 19.8. The van der Waals surface area contributed by atoms with E-state index >= 15 is 0 Å². The van der Waals surface area contributed by atoms with Crippen molar-refractivity contribution in [3.8, 4) is 0 Å². The van der Waals surface area contributed by atoms with Crippen molar-refractivity contribution in [2.45, 2.75) is 44.6 Å². The maximum Gasteiger partial charge on any atom is 0.323 e. The molecular formula is C10H16N2O2. The van der Waals surface area contributed by atoms with Gasteiger partial charge in [0.2, 0.25) is 5.78 Å². The molecule has 0 saturated heterocycles. The Kier molecular flexibility index (Phi) is 4.50. The zero-order chi connectivity index (χ0) is 10.4. The van der Waals surface area contributed by atoms with Gasteiger partial charge in [-0.05, 0) is 18.8 Å². The third kappa shape index (κ3) is 3.40. The predicted octanol–water partition coefficient (Wildman–Crippen LogP) is 1.19. The Morgan fingerprint density at radius 1 is 1.50 bits per heavy atom. The number of Topliss-reactive ketones (excluding diaryl/α,β-unsaturated/α-hetero) is 1. The van der Waals surface area contributed by atoms with Crippen LogP contribution < -0.4 is 0 Å². The summed E-state index contributed by atoms with van der Waals surface area (Å²) in [5, 5.41) is 9.71. The highest BCUT2D eigenvalue weighted by atomic mass is 16.3. The Hall–Kier alpha value is -0.990. The van der Waals surface area contributed by atoms with Crippen LogP contribution in [0.25, 0.3) is 5.53 Å². The van der Waals surface area contributed by atoms with E-state index in [1.807, 2.05) is 0 Å². The van der Waals surface area contributed by atoms with Crippen molar-refractivity contribution in [3.63, 3.8) is 0 Å². The second-order valence-corrected chi connectivity index (χ2v) is 3.88. The zero-order valence-electron chi connectivity index (χ0n) is 8.22. The van der Waals surface area contributed by atoms with E-state index in [2.05, 4.69) is 4.79 Å². The Balaban J connectivity index is 2.35. The first-order valence-corrected chi connectivity index (χ1v) is 5.12. The molecule has 0 spiro atoms. The van der Waals surface area contributed by atoms with Gasteiger partial charge in [-0.3, -0.25) is 4.79 Å². The third-order valence-corrected chi connectivity index (χ3v) is 2.81. The summed E-state index contributed by atoms with van der Waals surface area (Å²) >= 11 is 0. The first-order chi connectivity index (χ1) is 6.74. The fraction of sp³-hybridized carbons (Fsp3) is 0.800. The Morgan fingerprint density at radius 3 is 2.71 bits per heavy atom. The molecule has 1 fully saturated rings. The van der Waals surface area contributed by atoms with Gasteiger partial charge in [0.25, 0.3) is 0 Å². The summed E-state index contributed by atoms with van der Waals surface area (Å²) in [4.78, 5) is 13.7. The zero-order valence-corrected chi connectivity index (χ0v) is 8.22. The second kappa shape index (κ2) is 5.68. The van der Waals surface area contributed by atoms with Crippen molar-refractivity contribution < 1.29 is 14.7 Å². The number of ketones is 1. The standard InChI is InChI=1S/C10H16N2O2/c11-12-7-9(13)6-10(14)8-4-2-1-3-5-8/h7-8,10,14H,1-6H2. The number of carbonyl (C=O) groups excluding carboxylic acids is 1. The minimum atomic E-state index is -0.569. The summed E-state index contributed by atoms with van der Waals surface area (Å²) in [6.07, 6.45) is 5.89. The molecule has 0 heterocycles. The molecule has 0 aromatic rings. The summed E-state index contributed by atoms with van der Waals surface area (Å²) in [5.41, 5.74) is 8.13. The number of aliphatic hydroxyl groups excluding tert-OH is 1. The summed E-state index contributed by atoms with van der Waals surface area (Å²) in [6, 6.07) is 0. The largest absolute Gasteiger partial charge is 0.392 e. The van der Waals surface area contributed by atoms with Gasteiger partial charge in [-0.2, -0.15) is 4.79 Å². The molecule has 1 rings (SSSR count). The number of hydrogen-bond acceptors (Lipinski definition) is 2. The van der Waals surface area contributed by atoms with Crippen LogP contribution in [0.4, 0.5) is 0 Å². The number of nitrogens with zero attached hydrogens (tertiary/aromatic N) is 2. The molecule has 0 amide bonds. The molecule has 1 saturated carbocycles. The highest BCUT2D eigenvalue weighted by Gasteiger charge is 2.23. The first-order valence-electron chi connectivity index (χ1n) is 5.12. The summed E-state index contributed by atoms with van der Waals surface area (Å²) in [7, 11) is 0. The average molecular weight is 196 g/mol. The Morgan fingerprint density at radius 2 is 2.14 bits per heavy atom. The van der Waals surface area contributed by atoms with Gasteiger partial charge in [-0.1, -0.05) is 19.3 Å². The molecule has 0 radical (unpaired) electrons. The minimum Gasteiger partial charge on any atom is -0.392 e. The lowest BCUT2D eigenvalue weighted by Crippen LogP contribution is -2.26.